The lowest BCUT2D eigenvalue weighted by atomic mass is 10.2. The third kappa shape index (κ3) is 5.19. The highest BCUT2D eigenvalue weighted by Crippen LogP contribution is 2.27. The van der Waals surface area contributed by atoms with Crippen molar-refractivity contribution < 1.29 is 17.9 Å². The molecule has 0 bridgehead atoms. The van der Waals surface area contributed by atoms with E-state index in [4.69, 9.17) is 16.3 Å². The normalized spacial score (nSPS) is 15.0. The minimum absolute atomic E-state index is 0.0246. The summed E-state index contributed by atoms with van der Waals surface area (Å²) in [5.41, 5.74) is 1.41. The number of sulfonamides is 1. The fraction of sp³-hybridized carbons (Fsp3) is 0.435. The number of carbonyl (C=O) groups excluding carboxylic acids is 1. The summed E-state index contributed by atoms with van der Waals surface area (Å²) in [6.07, 6.45) is 0.815. The summed E-state index contributed by atoms with van der Waals surface area (Å²) in [7, 11) is -2.13. The molecule has 1 amide bonds. The molecule has 32 heavy (non-hydrogen) atoms. The van der Waals surface area contributed by atoms with Gasteiger partial charge in [0.25, 0.3) is 5.91 Å². The van der Waals surface area contributed by atoms with E-state index in [1.54, 1.807) is 31.9 Å². The smallest absolute Gasteiger partial charge is 0.253 e. The molecule has 3 rings (SSSR count). The van der Waals surface area contributed by atoms with Crippen molar-refractivity contribution in [3.63, 3.8) is 0 Å². The zero-order chi connectivity index (χ0) is 23.3. The molecule has 7 nitrogen and oxygen atoms in total. The number of carbonyl (C=O) groups is 1. The Morgan fingerprint density at radius 3 is 2.34 bits per heavy atom. The van der Waals surface area contributed by atoms with Crippen molar-refractivity contribution in [1.82, 2.24) is 9.21 Å². The average molecular weight is 480 g/mol. The molecule has 174 valence electrons. The predicted octanol–water partition coefficient (Wildman–Crippen LogP) is 3.73. The third-order valence-corrected chi connectivity index (χ3v) is 8.25. The van der Waals surface area contributed by atoms with E-state index < -0.39 is 10.0 Å². The summed E-state index contributed by atoms with van der Waals surface area (Å²) in [5.74, 6) is 0.618. The topological polar surface area (TPSA) is 70.2 Å². The van der Waals surface area contributed by atoms with E-state index in [0.29, 0.717) is 38.3 Å². The highest BCUT2D eigenvalue weighted by molar-refractivity contribution is 7.89. The Balaban J connectivity index is 1.77. The van der Waals surface area contributed by atoms with Gasteiger partial charge in [-0.2, -0.15) is 4.31 Å². The first kappa shape index (κ1) is 24.4. The molecule has 0 N–H and O–H groups in total. The number of benzene rings is 2. The van der Waals surface area contributed by atoms with Gasteiger partial charge in [0.1, 0.15) is 10.6 Å². The monoisotopic (exact) mass is 479 g/mol. The van der Waals surface area contributed by atoms with Crippen LogP contribution in [0.4, 0.5) is 5.69 Å². The summed E-state index contributed by atoms with van der Waals surface area (Å²) < 4.78 is 32.5. The van der Waals surface area contributed by atoms with E-state index in [1.807, 2.05) is 24.3 Å². The molecule has 2 aromatic rings. The van der Waals surface area contributed by atoms with Crippen molar-refractivity contribution in [2.75, 3.05) is 51.3 Å². The van der Waals surface area contributed by atoms with Gasteiger partial charge in [0.2, 0.25) is 10.0 Å². The number of ether oxygens (including phenoxy) is 1. The van der Waals surface area contributed by atoms with Crippen LogP contribution >= 0.6 is 11.6 Å². The van der Waals surface area contributed by atoms with Gasteiger partial charge in [-0.25, -0.2) is 8.42 Å². The maximum absolute atomic E-state index is 13.2. The SMILES string of the molecule is CCN(CC)S(=O)(=O)c1cc(C(=O)N2CCCN(c3ccc(OC)cc3)CC2)ccc1Cl. The second-order valence-corrected chi connectivity index (χ2v) is 9.88. The van der Waals surface area contributed by atoms with Crippen LogP contribution in [0.2, 0.25) is 5.02 Å². The molecule has 1 heterocycles. The Labute approximate surface area is 195 Å². The highest BCUT2D eigenvalue weighted by Gasteiger charge is 2.27. The van der Waals surface area contributed by atoms with E-state index in [9.17, 15) is 13.2 Å². The molecule has 2 aromatic carbocycles. The molecular weight excluding hydrogens is 450 g/mol. The third-order valence-electron chi connectivity index (χ3n) is 5.72. The van der Waals surface area contributed by atoms with Crippen molar-refractivity contribution in [1.29, 1.82) is 0 Å². The van der Waals surface area contributed by atoms with E-state index in [-0.39, 0.29) is 15.8 Å². The number of anilines is 1. The van der Waals surface area contributed by atoms with Crippen LogP contribution in [-0.4, -0.2) is 69.9 Å². The first-order valence-electron chi connectivity index (χ1n) is 10.8. The van der Waals surface area contributed by atoms with Gasteiger partial charge < -0.3 is 14.5 Å². The zero-order valence-corrected chi connectivity index (χ0v) is 20.3. The van der Waals surface area contributed by atoms with Gasteiger partial charge in [0, 0.05) is 50.5 Å². The Morgan fingerprint density at radius 1 is 1.03 bits per heavy atom. The summed E-state index contributed by atoms with van der Waals surface area (Å²) >= 11 is 6.22. The molecule has 1 aliphatic heterocycles. The maximum atomic E-state index is 13.2. The molecule has 0 unspecified atom stereocenters. The van der Waals surface area contributed by atoms with Gasteiger partial charge in [-0.05, 0) is 48.9 Å². The predicted molar refractivity (Wildman–Crippen MR) is 127 cm³/mol. The summed E-state index contributed by atoms with van der Waals surface area (Å²) in [4.78, 5) is 17.2. The first-order chi connectivity index (χ1) is 15.3. The molecule has 1 fully saturated rings. The van der Waals surface area contributed by atoms with Crippen molar-refractivity contribution in [2.45, 2.75) is 25.2 Å². The average Bonchev–Trinajstić information content (AvgIpc) is 3.06. The van der Waals surface area contributed by atoms with Gasteiger partial charge in [-0.3, -0.25) is 4.79 Å². The van der Waals surface area contributed by atoms with E-state index in [1.165, 1.54) is 16.4 Å². The lowest BCUT2D eigenvalue weighted by molar-refractivity contribution is 0.0767. The van der Waals surface area contributed by atoms with E-state index >= 15 is 0 Å². The van der Waals surface area contributed by atoms with E-state index in [0.717, 1.165) is 24.4 Å². The number of amides is 1. The minimum Gasteiger partial charge on any atom is -0.497 e. The summed E-state index contributed by atoms with van der Waals surface area (Å²) in [6.45, 7) is 6.89. The first-order valence-corrected chi connectivity index (χ1v) is 12.6. The van der Waals surface area contributed by atoms with Gasteiger partial charge in [-0.15, -0.1) is 0 Å². The van der Waals surface area contributed by atoms with Crippen LogP contribution < -0.4 is 9.64 Å². The molecule has 0 spiro atoms. The van der Waals surface area contributed by atoms with Gasteiger partial charge in [0.05, 0.1) is 12.1 Å². The van der Waals surface area contributed by atoms with Crippen LogP contribution in [0.5, 0.6) is 5.75 Å². The summed E-state index contributed by atoms with van der Waals surface area (Å²) in [6, 6.07) is 12.4. The number of rotatable bonds is 7. The second-order valence-electron chi connectivity index (χ2n) is 7.57. The molecule has 0 aliphatic carbocycles. The number of methoxy groups -OCH3 is 1. The van der Waals surface area contributed by atoms with Crippen LogP contribution in [0, 0.1) is 0 Å². The standard InChI is InChI=1S/C23H30ClN3O4S/c1-4-27(5-2)32(29,30)22-17-18(7-12-21(22)24)23(28)26-14-6-13-25(15-16-26)19-8-10-20(31-3)11-9-19/h7-12,17H,4-6,13-16H2,1-3H3. The molecule has 1 aliphatic rings. The number of hydrogen-bond donors (Lipinski definition) is 0. The van der Waals surface area contributed by atoms with Crippen molar-refractivity contribution in [2.24, 2.45) is 0 Å². The Morgan fingerprint density at radius 2 is 1.72 bits per heavy atom. The lowest BCUT2D eigenvalue weighted by Gasteiger charge is -2.24. The molecule has 9 heteroatoms. The van der Waals surface area contributed by atoms with Crippen LogP contribution in [0.15, 0.2) is 47.4 Å². The largest absolute Gasteiger partial charge is 0.497 e. The molecular formula is C23H30ClN3O4S. The Kier molecular flexibility index (Phi) is 8.03. The number of nitrogens with zero attached hydrogens (tertiary/aromatic N) is 3. The highest BCUT2D eigenvalue weighted by atomic mass is 35.5. The molecule has 0 atom stereocenters. The van der Waals surface area contributed by atoms with Gasteiger partial charge >= 0.3 is 0 Å². The van der Waals surface area contributed by atoms with Crippen molar-refractivity contribution in [3.05, 3.63) is 53.1 Å². The van der Waals surface area contributed by atoms with Crippen LogP contribution in [0.3, 0.4) is 0 Å². The molecule has 0 radical (unpaired) electrons. The van der Waals surface area contributed by atoms with Crippen LogP contribution in [0.25, 0.3) is 0 Å². The van der Waals surface area contributed by atoms with Gasteiger partial charge in [0.15, 0.2) is 0 Å². The zero-order valence-electron chi connectivity index (χ0n) is 18.8. The number of hydrogen-bond acceptors (Lipinski definition) is 5. The minimum atomic E-state index is -3.76. The second kappa shape index (κ2) is 10.6. The van der Waals surface area contributed by atoms with Gasteiger partial charge in [-0.1, -0.05) is 25.4 Å². The maximum Gasteiger partial charge on any atom is 0.253 e. The quantitative estimate of drug-likeness (QED) is 0.605. The van der Waals surface area contributed by atoms with Crippen molar-refractivity contribution >= 4 is 33.2 Å². The Hall–Kier alpha value is -2.29. The summed E-state index contributed by atoms with van der Waals surface area (Å²) in [5, 5.41) is 0.120. The fourth-order valence-corrected chi connectivity index (χ4v) is 5.85. The number of halogens is 1. The van der Waals surface area contributed by atoms with Crippen LogP contribution in [-0.2, 0) is 10.0 Å². The molecule has 0 saturated carbocycles. The van der Waals surface area contributed by atoms with E-state index in [2.05, 4.69) is 4.90 Å². The molecule has 0 aromatic heterocycles. The Bertz CT molecular complexity index is 1040. The molecule has 1 saturated heterocycles. The van der Waals surface area contributed by atoms with Crippen LogP contribution in [0.1, 0.15) is 30.6 Å². The fourth-order valence-electron chi connectivity index (χ4n) is 3.89. The van der Waals surface area contributed by atoms with Crippen molar-refractivity contribution in [3.8, 4) is 5.75 Å². The lowest BCUT2D eigenvalue weighted by Crippen LogP contribution is -2.35.